The predicted molar refractivity (Wildman–Crippen MR) is 90.2 cm³/mol. The molecule has 0 bridgehead atoms. The maximum absolute atomic E-state index is 12.8. The van der Waals surface area contributed by atoms with E-state index in [9.17, 15) is 4.79 Å². The number of aromatic nitrogens is 1. The first-order valence-electron chi connectivity index (χ1n) is 8.08. The first-order chi connectivity index (χ1) is 11.2. The van der Waals surface area contributed by atoms with Crippen LogP contribution in [0.15, 0.2) is 42.6 Å². The van der Waals surface area contributed by atoms with Gasteiger partial charge in [-0.25, -0.2) is 0 Å². The van der Waals surface area contributed by atoms with Gasteiger partial charge in [-0.3, -0.25) is 9.78 Å². The molecular formula is C19H22N2O2. The maximum Gasteiger partial charge on any atom is 0.256 e. The van der Waals surface area contributed by atoms with Crippen LogP contribution in [-0.2, 0) is 4.74 Å². The summed E-state index contributed by atoms with van der Waals surface area (Å²) in [6.07, 6.45) is 3.92. The average Bonchev–Trinajstić information content (AvgIpc) is 3.15. The molecule has 1 saturated heterocycles. The third-order valence-electron chi connectivity index (χ3n) is 4.41. The van der Waals surface area contributed by atoms with Gasteiger partial charge in [-0.1, -0.05) is 18.2 Å². The average molecular weight is 310 g/mol. The van der Waals surface area contributed by atoms with Crippen molar-refractivity contribution in [2.75, 3.05) is 20.2 Å². The molecule has 1 aromatic carbocycles. The zero-order chi connectivity index (χ0) is 16.2. The highest BCUT2D eigenvalue weighted by Gasteiger charge is 2.23. The molecule has 0 spiro atoms. The molecule has 4 heteroatoms. The Labute approximate surface area is 137 Å². The van der Waals surface area contributed by atoms with Gasteiger partial charge in [0, 0.05) is 32.0 Å². The molecule has 1 fully saturated rings. The number of hydrogen-bond acceptors (Lipinski definition) is 3. The second-order valence-corrected chi connectivity index (χ2v) is 5.90. The van der Waals surface area contributed by atoms with Crippen LogP contribution in [0.5, 0.6) is 0 Å². The van der Waals surface area contributed by atoms with E-state index in [1.807, 2.05) is 42.2 Å². The minimum atomic E-state index is 0.0106. The Morgan fingerprint density at radius 1 is 1.22 bits per heavy atom. The zero-order valence-electron chi connectivity index (χ0n) is 13.7. The molecule has 2 heterocycles. The monoisotopic (exact) mass is 310 g/mol. The van der Waals surface area contributed by atoms with E-state index in [1.54, 1.807) is 13.3 Å². The van der Waals surface area contributed by atoms with Crippen molar-refractivity contribution < 1.29 is 9.53 Å². The first kappa shape index (κ1) is 15.7. The molecule has 1 aliphatic rings. The van der Waals surface area contributed by atoms with Gasteiger partial charge >= 0.3 is 0 Å². The SMILES string of the molecule is CO[C@H](C)c1cccc(-c2ncccc2C(=O)N2CCCC2)c1. The lowest BCUT2D eigenvalue weighted by atomic mass is 10.0. The summed E-state index contributed by atoms with van der Waals surface area (Å²) in [5.74, 6) is 0.0794. The number of hydrogen-bond donors (Lipinski definition) is 0. The summed E-state index contributed by atoms with van der Waals surface area (Å²) >= 11 is 0. The van der Waals surface area contributed by atoms with E-state index in [4.69, 9.17) is 4.74 Å². The van der Waals surface area contributed by atoms with Crippen molar-refractivity contribution in [3.05, 3.63) is 53.7 Å². The van der Waals surface area contributed by atoms with E-state index in [1.165, 1.54) is 0 Å². The quantitative estimate of drug-likeness (QED) is 0.865. The van der Waals surface area contributed by atoms with E-state index < -0.39 is 0 Å². The van der Waals surface area contributed by atoms with Gasteiger partial charge in [-0.15, -0.1) is 0 Å². The number of methoxy groups -OCH3 is 1. The van der Waals surface area contributed by atoms with Crippen LogP contribution in [0.4, 0.5) is 0 Å². The van der Waals surface area contributed by atoms with Gasteiger partial charge in [0.2, 0.25) is 0 Å². The fourth-order valence-electron chi connectivity index (χ4n) is 2.97. The van der Waals surface area contributed by atoms with Gasteiger partial charge in [0.05, 0.1) is 17.4 Å². The Morgan fingerprint density at radius 3 is 2.74 bits per heavy atom. The van der Waals surface area contributed by atoms with Crippen LogP contribution in [0.2, 0.25) is 0 Å². The fourth-order valence-corrected chi connectivity index (χ4v) is 2.97. The van der Waals surface area contributed by atoms with E-state index in [-0.39, 0.29) is 12.0 Å². The highest BCUT2D eigenvalue weighted by molar-refractivity contribution is 6.00. The third kappa shape index (κ3) is 3.27. The van der Waals surface area contributed by atoms with Gasteiger partial charge in [0.15, 0.2) is 0 Å². The summed E-state index contributed by atoms with van der Waals surface area (Å²) in [4.78, 5) is 19.2. The summed E-state index contributed by atoms with van der Waals surface area (Å²) in [5.41, 5.74) is 3.45. The number of rotatable bonds is 4. The molecule has 1 aromatic heterocycles. The van der Waals surface area contributed by atoms with E-state index in [0.29, 0.717) is 5.56 Å². The van der Waals surface area contributed by atoms with Crippen LogP contribution in [0, 0.1) is 0 Å². The second kappa shape index (κ2) is 6.92. The fraction of sp³-hybridized carbons (Fsp3) is 0.368. The summed E-state index contributed by atoms with van der Waals surface area (Å²) in [7, 11) is 1.69. The van der Waals surface area contributed by atoms with Crippen LogP contribution >= 0.6 is 0 Å². The molecule has 0 aliphatic carbocycles. The lowest BCUT2D eigenvalue weighted by Gasteiger charge is -2.18. The maximum atomic E-state index is 12.8. The van der Waals surface area contributed by atoms with Crippen molar-refractivity contribution in [2.24, 2.45) is 0 Å². The Kier molecular flexibility index (Phi) is 4.72. The minimum absolute atomic E-state index is 0.0106. The van der Waals surface area contributed by atoms with Crippen LogP contribution in [0.25, 0.3) is 11.3 Å². The molecule has 0 saturated carbocycles. The molecule has 1 aliphatic heterocycles. The van der Waals surface area contributed by atoms with Crippen LogP contribution in [0.1, 0.15) is 41.8 Å². The van der Waals surface area contributed by atoms with E-state index in [2.05, 4.69) is 11.1 Å². The lowest BCUT2D eigenvalue weighted by molar-refractivity contribution is 0.0793. The number of carbonyl (C=O) groups is 1. The smallest absolute Gasteiger partial charge is 0.256 e. The third-order valence-corrected chi connectivity index (χ3v) is 4.41. The zero-order valence-corrected chi connectivity index (χ0v) is 13.7. The van der Waals surface area contributed by atoms with Gasteiger partial charge in [-0.2, -0.15) is 0 Å². The van der Waals surface area contributed by atoms with E-state index >= 15 is 0 Å². The van der Waals surface area contributed by atoms with Crippen LogP contribution in [-0.4, -0.2) is 36.0 Å². The van der Waals surface area contributed by atoms with Crippen molar-refractivity contribution in [2.45, 2.75) is 25.9 Å². The molecule has 0 N–H and O–H groups in total. The highest BCUT2D eigenvalue weighted by atomic mass is 16.5. The van der Waals surface area contributed by atoms with Crippen molar-refractivity contribution >= 4 is 5.91 Å². The Bertz CT molecular complexity index is 693. The highest BCUT2D eigenvalue weighted by Crippen LogP contribution is 2.27. The molecule has 0 unspecified atom stereocenters. The molecule has 4 nitrogen and oxygen atoms in total. The molecule has 3 rings (SSSR count). The Hall–Kier alpha value is -2.20. The summed E-state index contributed by atoms with van der Waals surface area (Å²) in [6, 6.07) is 11.8. The number of ether oxygens (including phenoxy) is 1. The lowest BCUT2D eigenvalue weighted by Crippen LogP contribution is -2.28. The number of pyridine rings is 1. The number of benzene rings is 1. The van der Waals surface area contributed by atoms with Gasteiger partial charge in [-0.05, 0) is 43.5 Å². The first-order valence-corrected chi connectivity index (χ1v) is 8.08. The molecule has 1 amide bonds. The van der Waals surface area contributed by atoms with Gasteiger partial charge in [0.25, 0.3) is 5.91 Å². The van der Waals surface area contributed by atoms with Gasteiger partial charge in [0.1, 0.15) is 0 Å². The summed E-state index contributed by atoms with van der Waals surface area (Å²) in [5, 5.41) is 0. The van der Waals surface area contributed by atoms with Crippen LogP contribution in [0.3, 0.4) is 0 Å². The minimum Gasteiger partial charge on any atom is -0.377 e. The van der Waals surface area contributed by atoms with Crippen molar-refractivity contribution in [3.8, 4) is 11.3 Å². The van der Waals surface area contributed by atoms with Crippen LogP contribution < -0.4 is 0 Å². The van der Waals surface area contributed by atoms with Gasteiger partial charge < -0.3 is 9.64 Å². The number of likely N-dealkylation sites (tertiary alicyclic amines) is 1. The predicted octanol–water partition coefficient (Wildman–Crippen LogP) is 3.69. The van der Waals surface area contributed by atoms with E-state index in [0.717, 1.165) is 42.8 Å². The Morgan fingerprint density at radius 2 is 2.00 bits per heavy atom. The molecule has 0 radical (unpaired) electrons. The summed E-state index contributed by atoms with van der Waals surface area (Å²) in [6.45, 7) is 3.69. The summed E-state index contributed by atoms with van der Waals surface area (Å²) < 4.78 is 5.39. The van der Waals surface area contributed by atoms with Crippen molar-refractivity contribution in [1.82, 2.24) is 9.88 Å². The van der Waals surface area contributed by atoms with Crippen molar-refractivity contribution in [1.29, 1.82) is 0 Å². The molecule has 2 aromatic rings. The normalized spacial score (nSPS) is 15.7. The second-order valence-electron chi connectivity index (χ2n) is 5.90. The number of nitrogens with zero attached hydrogens (tertiary/aromatic N) is 2. The standard InChI is InChI=1S/C19H22N2O2/c1-14(23-2)15-7-5-8-16(13-15)18-17(9-6-10-20-18)19(22)21-11-3-4-12-21/h5-10,13-14H,3-4,11-12H2,1-2H3/t14-/m1/s1. The largest absolute Gasteiger partial charge is 0.377 e. The topological polar surface area (TPSA) is 42.4 Å². The number of amides is 1. The Balaban J connectivity index is 1.98. The van der Waals surface area contributed by atoms with Crippen molar-refractivity contribution in [3.63, 3.8) is 0 Å². The molecule has 1 atom stereocenters. The molecule has 120 valence electrons. The molecular weight excluding hydrogens is 288 g/mol. The molecule has 23 heavy (non-hydrogen) atoms. The number of carbonyl (C=O) groups excluding carboxylic acids is 1.